The zero-order chi connectivity index (χ0) is 23.0. The normalized spacial score (nSPS) is 14.6. The molecule has 0 rings (SSSR count). The first kappa shape index (κ1) is 31.0. The predicted molar refractivity (Wildman–Crippen MR) is 129 cm³/mol. The van der Waals surface area contributed by atoms with E-state index in [1.54, 1.807) is 6.92 Å². The van der Waals surface area contributed by atoms with Gasteiger partial charge in [-0.3, -0.25) is 9.05 Å². The highest BCUT2D eigenvalue weighted by molar-refractivity contribution is 7.47. The highest BCUT2D eigenvalue weighted by atomic mass is 31.2. The Morgan fingerprint density at radius 2 is 1.13 bits per heavy atom. The minimum absolute atomic E-state index is 0.0246. The molecule has 7 heteroatoms. The Bertz CT molecular complexity index is 408. The van der Waals surface area contributed by atoms with E-state index in [0.717, 1.165) is 6.42 Å². The number of hydrogen-bond donors (Lipinski definition) is 1. The molecule has 0 aromatic rings. The second-order valence-electron chi connectivity index (χ2n) is 8.42. The van der Waals surface area contributed by atoms with Crippen molar-refractivity contribution in [2.45, 2.75) is 123 Å². The minimum atomic E-state index is -3.97. The summed E-state index contributed by atoms with van der Waals surface area (Å²) in [6.07, 6.45) is 21.3. The molecule has 0 bridgehead atoms. The van der Waals surface area contributed by atoms with Crippen LogP contribution in [0.1, 0.15) is 117 Å². The van der Waals surface area contributed by atoms with E-state index < -0.39 is 7.82 Å². The van der Waals surface area contributed by atoms with Gasteiger partial charge in [0.15, 0.2) is 0 Å². The fourth-order valence-electron chi connectivity index (χ4n) is 3.53. The van der Waals surface area contributed by atoms with Crippen LogP contribution in [-0.2, 0) is 23.1 Å². The molecule has 0 radical (unpaired) electrons. The smallest absolute Gasteiger partial charge is 0.379 e. The maximum atomic E-state index is 11.5. The van der Waals surface area contributed by atoms with Crippen LogP contribution in [0.4, 0.5) is 0 Å². The molecule has 1 N–H and O–H groups in total. The molecule has 0 fully saturated rings. The molecule has 0 aromatic heterocycles. The van der Waals surface area contributed by atoms with Gasteiger partial charge >= 0.3 is 7.82 Å². The second-order valence-corrected chi connectivity index (χ2v) is 9.87. The summed E-state index contributed by atoms with van der Waals surface area (Å²) >= 11 is 0. The predicted octanol–water partition coefficient (Wildman–Crippen LogP) is 7.43. The number of rotatable bonds is 25. The van der Waals surface area contributed by atoms with Crippen molar-refractivity contribution in [3.63, 3.8) is 0 Å². The Morgan fingerprint density at radius 3 is 1.55 bits per heavy atom. The summed E-state index contributed by atoms with van der Waals surface area (Å²) in [5, 5.41) is 0. The van der Waals surface area contributed by atoms with Crippen molar-refractivity contribution < 1.29 is 28.0 Å². The molecule has 2 unspecified atom stereocenters. The Kier molecular flexibility index (Phi) is 23.2. The van der Waals surface area contributed by atoms with Crippen LogP contribution in [0.15, 0.2) is 0 Å². The molecule has 0 aromatic carbocycles. The van der Waals surface area contributed by atoms with Gasteiger partial charge < -0.3 is 14.4 Å². The summed E-state index contributed by atoms with van der Waals surface area (Å²) in [5.74, 6) is 0. The Balaban J connectivity index is 3.32. The molecule has 6 nitrogen and oxygen atoms in total. The Labute approximate surface area is 192 Å². The van der Waals surface area contributed by atoms with Crippen LogP contribution in [-0.4, -0.2) is 44.5 Å². The third-order valence-electron chi connectivity index (χ3n) is 5.50. The fourth-order valence-corrected chi connectivity index (χ4v) is 4.28. The first-order valence-electron chi connectivity index (χ1n) is 12.8. The van der Waals surface area contributed by atoms with Crippen molar-refractivity contribution in [3.05, 3.63) is 0 Å². The lowest BCUT2D eigenvalue weighted by Crippen LogP contribution is -2.24. The number of ether oxygens (including phenoxy) is 2. The van der Waals surface area contributed by atoms with Crippen LogP contribution in [0.25, 0.3) is 0 Å². The fraction of sp³-hybridized carbons (Fsp3) is 1.00. The Morgan fingerprint density at radius 1 is 0.677 bits per heavy atom. The van der Waals surface area contributed by atoms with Crippen molar-refractivity contribution in [1.29, 1.82) is 0 Å². The third kappa shape index (κ3) is 23.0. The lowest BCUT2D eigenvalue weighted by molar-refractivity contribution is -0.0218. The second kappa shape index (κ2) is 23.2. The summed E-state index contributed by atoms with van der Waals surface area (Å²) in [4.78, 5) is 9.40. The van der Waals surface area contributed by atoms with Crippen molar-refractivity contribution in [2.75, 3.05) is 33.5 Å². The van der Waals surface area contributed by atoms with E-state index in [-0.39, 0.29) is 19.3 Å². The van der Waals surface area contributed by atoms with Crippen LogP contribution in [0.3, 0.4) is 0 Å². The van der Waals surface area contributed by atoms with Crippen LogP contribution in [0, 0.1) is 0 Å². The van der Waals surface area contributed by atoms with E-state index in [4.69, 9.17) is 14.0 Å². The number of phosphoric ester groups is 1. The van der Waals surface area contributed by atoms with Gasteiger partial charge in [-0.2, -0.15) is 0 Å². The topological polar surface area (TPSA) is 74.2 Å². The van der Waals surface area contributed by atoms with Crippen LogP contribution in [0.2, 0.25) is 0 Å². The van der Waals surface area contributed by atoms with E-state index in [2.05, 4.69) is 11.4 Å². The Hall–Kier alpha value is 0.0300. The first-order valence-corrected chi connectivity index (χ1v) is 14.3. The van der Waals surface area contributed by atoms with E-state index in [9.17, 15) is 9.46 Å². The molecule has 188 valence electrons. The van der Waals surface area contributed by atoms with Crippen LogP contribution in [0.5, 0.6) is 0 Å². The summed E-state index contributed by atoms with van der Waals surface area (Å²) in [7, 11) is -2.44. The molecule has 0 aliphatic carbocycles. The summed E-state index contributed by atoms with van der Waals surface area (Å²) in [6.45, 7) is 5.05. The van der Waals surface area contributed by atoms with Gasteiger partial charge in [0.05, 0.1) is 19.8 Å². The van der Waals surface area contributed by atoms with Crippen LogP contribution < -0.4 is 0 Å². The maximum absolute atomic E-state index is 11.5. The number of phosphoric acid groups is 1. The molecule has 0 saturated carbocycles. The van der Waals surface area contributed by atoms with Gasteiger partial charge in [-0.1, -0.05) is 103 Å². The van der Waals surface area contributed by atoms with E-state index in [1.165, 1.54) is 103 Å². The van der Waals surface area contributed by atoms with E-state index in [0.29, 0.717) is 13.2 Å². The molecule has 31 heavy (non-hydrogen) atoms. The SMILES string of the molecule is CCCCCCCCCCCCCCCCCCOCC(COP(=O)(O)OCC)OC. The average molecular weight is 467 g/mol. The van der Waals surface area contributed by atoms with Gasteiger partial charge in [-0.05, 0) is 13.3 Å². The first-order chi connectivity index (χ1) is 15.1. The average Bonchev–Trinajstić information content (AvgIpc) is 2.75. The summed E-state index contributed by atoms with van der Waals surface area (Å²) in [5.41, 5.74) is 0. The van der Waals surface area contributed by atoms with Gasteiger partial charge in [0.2, 0.25) is 0 Å². The summed E-state index contributed by atoms with van der Waals surface area (Å²) < 4.78 is 31.9. The number of hydrogen-bond acceptors (Lipinski definition) is 5. The number of methoxy groups -OCH3 is 1. The monoisotopic (exact) mass is 466 g/mol. The quantitative estimate of drug-likeness (QED) is 0.111. The molecular formula is C24H51O6P. The van der Waals surface area contributed by atoms with Crippen molar-refractivity contribution in [3.8, 4) is 0 Å². The zero-order valence-corrected chi connectivity index (χ0v) is 21.5. The lowest BCUT2D eigenvalue weighted by atomic mass is 10.0. The minimum Gasteiger partial charge on any atom is -0.379 e. The highest BCUT2D eigenvalue weighted by Crippen LogP contribution is 2.42. The van der Waals surface area contributed by atoms with Crippen molar-refractivity contribution in [2.24, 2.45) is 0 Å². The van der Waals surface area contributed by atoms with Crippen molar-refractivity contribution in [1.82, 2.24) is 0 Å². The molecule has 0 aliphatic rings. The molecule has 2 atom stereocenters. The van der Waals surface area contributed by atoms with Gasteiger partial charge in [-0.15, -0.1) is 0 Å². The van der Waals surface area contributed by atoms with Crippen molar-refractivity contribution >= 4 is 7.82 Å². The lowest BCUT2D eigenvalue weighted by Gasteiger charge is -2.17. The largest absolute Gasteiger partial charge is 0.472 e. The van der Waals surface area contributed by atoms with Gasteiger partial charge in [-0.25, -0.2) is 4.57 Å². The molecule has 0 aliphatic heterocycles. The van der Waals surface area contributed by atoms with E-state index in [1.807, 2.05) is 0 Å². The van der Waals surface area contributed by atoms with Gasteiger partial charge in [0, 0.05) is 13.7 Å². The highest BCUT2D eigenvalue weighted by Gasteiger charge is 2.22. The summed E-state index contributed by atoms with van der Waals surface area (Å²) in [6, 6.07) is 0. The van der Waals surface area contributed by atoms with Crippen LogP contribution >= 0.6 is 7.82 Å². The maximum Gasteiger partial charge on any atom is 0.472 e. The molecular weight excluding hydrogens is 415 g/mol. The van der Waals surface area contributed by atoms with Gasteiger partial charge in [0.1, 0.15) is 6.10 Å². The molecule has 0 saturated heterocycles. The standard InChI is InChI=1S/C24H51O6P/c1-4-6-7-8-9-10-11-12-13-14-15-16-17-18-19-20-21-28-22-24(27-3)23-30-31(25,26)29-5-2/h24H,4-23H2,1-3H3,(H,25,26). The van der Waals surface area contributed by atoms with Gasteiger partial charge in [0.25, 0.3) is 0 Å². The molecule has 0 heterocycles. The third-order valence-corrected chi connectivity index (χ3v) is 6.55. The zero-order valence-electron chi connectivity index (χ0n) is 20.7. The number of unbranched alkanes of at least 4 members (excludes halogenated alkanes) is 15. The van der Waals surface area contributed by atoms with E-state index >= 15 is 0 Å². The molecule has 0 spiro atoms. The molecule has 0 amide bonds.